The van der Waals surface area contributed by atoms with Gasteiger partial charge in [-0.25, -0.2) is 0 Å². The zero-order valence-corrected chi connectivity index (χ0v) is 13.0. The molecular weight excluding hydrogens is 294 g/mol. The molecule has 0 saturated carbocycles. The number of amides is 1. The predicted molar refractivity (Wildman–Crippen MR) is 77.7 cm³/mol. The van der Waals surface area contributed by atoms with Crippen LogP contribution in [0.25, 0.3) is 0 Å². The van der Waals surface area contributed by atoms with Crippen molar-refractivity contribution in [3.05, 3.63) is 29.3 Å². The molecule has 0 unspecified atom stereocenters. The van der Waals surface area contributed by atoms with Crippen LogP contribution in [0.15, 0.2) is 18.2 Å². The molecule has 3 nitrogen and oxygen atoms in total. The molecule has 0 atom stereocenters. The lowest BCUT2D eigenvalue weighted by Gasteiger charge is -2.26. The van der Waals surface area contributed by atoms with Crippen molar-refractivity contribution in [2.45, 2.75) is 26.8 Å². The first-order chi connectivity index (χ1) is 8.51. The summed E-state index contributed by atoms with van der Waals surface area (Å²) in [5, 5.41) is 0.769. The van der Waals surface area contributed by atoms with Gasteiger partial charge in [0.05, 0.1) is 12.7 Å². The van der Waals surface area contributed by atoms with Crippen molar-refractivity contribution < 1.29 is 9.53 Å². The molecule has 0 aromatic heterocycles. The van der Waals surface area contributed by atoms with Gasteiger partial charge in [0, 0.05) is 17.9 Å². The molecule has 0 fully saturated rings. The van der Waals surface area contributed by atoms with E-state index in [0.29, 0.717) is 17.9 Å². The van der Waals surface area contributed by atoms with E-state index in [4.69, 9.17) is 4.74 Å². The standard InChI is InChI=1S/C14H20BrNO2/c1-10(2)16(8-7-15)14(17)12-9-11(3)5-6-13(12)18-4/h5-6,9-10H,7-8H2,1-4H3. The summed E-state index contributed by atoms with van der Waals surface area (Å²) in [6, 6.07) is 5.83. The molecule has 1 rings (SSSR count). The third kappa shape index (κ3) is 3.48. The quantitative estimate of drug-likeness (QED) is 0.781. The third-order valence-corrected chi connectivity index (χ3v) is 3.15. The van der Waals surface area contributed by atoms with Gasteiger partial charge < -0.3 is 9.64 Å². The summed E-state index contributed by atoms with van der Waals surface area (Å²) in [6.07, 6.45) is 0. The van der Waals surface area contributed by atoms with E-state index in [1.165, 1.54) is 0 Å². The second-order valence-electron chi connectivity index (χ2n) is 4.49. The Morgan fingerprint density at radius 2 is 2.11 bits per heavy atom. The van der Waals surface area contributed by atoms with Crippen LogP contribution in [0.5, 0.6) is 5.75 Å². The van der Waals surface area contributed by atoms with Crippen LogP contribution in [-0.4, -0.2) is 35.8 Å². The number of carbonyl (C=O) groups is 1. The highest BCUT2D eigenvalue weighted by atomic mass is 79.9. The minimum atomic E-state index is 0.0185. The molecular formula is C14H20BrNO2. The van der Waals surface area contributed by atoms with E-state index >= 15 is 0 Å². The van der Waals surface area contributed by atoms with Crippen LogP contribution in [-0.2, 0) is 0 Å². The maximum atomic E-state index is 12.5. The van der Waals surface area contributed by atoms with Crippen molar-refractivity contribution in [1.29, 1.82) is 0 Å². The number of alkyl halides is 1. The molecule has 0 aliphatic rings. The van der Waals surface area contributed by atoms with Gasteiger partial charge in [0.25, 0.3) is 5.91 Å². The van der Waals surface area contributed by atoms with Gasteiger partial charge in [-0.3, -0.25) is 4.79 Å². The highest BCUT2D eigenvalue weighted by Gasteiger charge is 2.21. The summed E-state index contributed by atoms with van der Waals surface area (Å²) < 4.78 is 5.27. The molecule has 0 bridgehead atoms. The molecule has 0 radical (unpaired) electrons. The van der Waals surface area contributed by atoms with Gasteiger partial charge in [-0.15, -0.1) is 0 Å². The first kappa shape index (κ1) is 15.0. The molecule has 1 aromatic carbocycles. The molecule has 0 N–H and O–H groups in total. The van der Waals surface area contributed by atoms with E-state index < -0.39 is 0 Å². The fraction of sp³-hybridized carbons (Fsp3) is 0.500. The summed E-state index contributed by atoms with van der Waals surface area (Å²) in [5.41, 5.74) is 1.69. The van der Waals surface area contributed by atoms with E-state index in [1.54, 1.807) is 7.11 Å². The van der Waals surface area contributed by atoms with Crippen LogP contribution in [0.3, 0.4) is 0 Å². The minimum Gasteiger partial charge on any atom is -0.496 e. The van der Waals surface area contributed by atoms with Crippen molar-refractivity contribution in [3.8, 4) is 5.75 Å². The van der Waals surface area contributed by atoms with Crippen LogP contribution in [0, 0.1) is 6.92 Å². The number of halogens is 1. The maximum Gasteiger partial charge on any atom is 0.257 e. The van der Waals surface area contributed by atoms with Crippen LogP contribution in [0.4, 0.5) is 0 Å². The fourth-order valence-electron chi connectivity index (χ4n) is 1.83. The Morgan fingerprint density at radius 1 is 1.44 bits per heavy atom. The zero-order valence-electron chi connectivity index (χ0n) is 11.4. The van der Waals surface area contributed by atoms with E-state index in [0.717, 1.165) is 10.9 Å². The second-order valence-corrected chi connectivity index (χ2v) is 5.28. The number of nitrogens with zero attached hydrogens (tertiary/aromatic N) is 1. The molecule has 1 aromatic rings. The molecule has 1 amide bonds. The lowest BCUT2D eigenvalue weighted by Crippen LogP contribution is -2.38. The number of rotatable bonds is 5. The smallest absolute Gasteiger partial charge is 0.257 e. The number of hydrogen-bond acceptors (Lipinski definition) is 2. The van der Waals surface area contributed by atoms with Crippen molar-refractivity contribution in [2.24, 2.45) is 0 Å². The van der Waals surface area contributed by atoms with E-state index in [-0.39, 0.29) is 11.9 Å². The predicted octanol–water partition coefficient (Wildman–Crippen LogP) is 3.25. The van der Waals surface area contributed by atoms with Gasteiger partial charge in [-0.05, 0) is 32.9 Å². The number of carbonyl (C=O) groups excluding carboxylic acids is 1. The first-order valence-electron chi connectivity index (χ1n) is 6.02. The van der Waals surface area contributed by atoms with Crippen LogP contribution in [0.2, 0.25) is 0 Å². The molecule has 0 aliphatic heterocycles. The van der Waals surface area contributed by atoms with Gasteiger partial charge in [0.1, 0.15) is 5.75 Å². The van der Waals surface area contributed by atoms with Crippen LogP contribution < -0.4 is 4.74 Å². The molecule has 0 aliphatic carbocycles. The van der Waals surface area contributed by atoms with Crippen molar-refractivity contribution in [3.63, 3.8) is 0 Å². The summed E-state index contributed by atoms with van der Waals surface area (Å²) >= 11 is 3.38. The Bertz CT molecular complexity index is 418. The summed E-state index contributed by atoms with van der Waals surface area (Å²) in [4.78, 5) is 14.4. The van der Waals surface area contributed by atoms with Gasteiger partial charge >= 0.3 is 0 Å². The minimum absolute atomic E-state index is 0.0185. The highest BCUT2D eigenvalue weighted by Crippen LogP contribution is 2.22. The van der Waals surface area contributed by atoms with Gasteiger partial charge in [-0.2, -0.15) is 0 Å². The van der Waals surface area contributed by atoms with Crippen LogP contribution in [0.1, 0.15) is 29.8 Å². The normalized spacial score (nSPS) is 10.6. The number of hydrogen-bond donors (Lipinski definition) is 0. The molecule has 100 valence electrons. The van der Waals surface area contributed by atoms with Crippen molar-refractivity contribution >= 4 is 21.8 Å². The molecule has 4 heteroatoms. The zero-order chi connectivity index (χ0) is 13.7. The van der Waals surface area contributed by atoms with Gasteiger partial charge in [-0.1, -0.05) is 27.6 Å². The summed E-state index contributed by atoms with van der Waals surface area (Å²) in [5.74, 6) is 0.649. The number of methoxy groups -OCH3 is 1. The molecule has 0 heterocycles. The van der Waals surface area contributed by atoms with Gasteiger partial charge in [0.2, 0.25) is 0 Å². The molecule has 0 saturated heterocycles. The van der Waals surface area contributed by atoms with Crippen molar-refractivity contribution in [2.75, 3.05) is 19.0 Å². The van der Waals surface area contributed by atoms with Gasteiger partial charge in [0.15, 0.2) is 0 Å². The average molecular weight is 314 g/mol. The lowest BCUT2D eigenvalue weighted by atomic mass is 10.1. The fourth-order valence-corrected chi connectivity index (χ4v) is 2.21. The Balaban J connectivity index is 3.11. The Morgan fingerprint density at radius 3 is 2.61 bits per heavy atom. The first-order valence-corrected chi connectivity index (χ1v) is 7.15. The highest BCUT2D eigenvalue weighted by molar-refractivity contribution is 9.09. The number of benzene rings is 1. The molecule has 0 spiro atoms. The number of ether oxygens (including phenoxy) is 1. The topological polar surface area (TPSA) is 29.5 Å². The lowest BCUT2D eigenvalue weighted by molar-refractivity contribution is 0.0716. The third-order valence-electron chi connectivity index (χ3n) is 2.80. The monoisotopic (exact) mass is 313 g/mol. The Kier molecular flexibility index (Phi) is 5.66. The number of aryl methyl sites for hydroxylation is 1. The Labute approximate surface area is 117 Å². The van der Waals surface area contributed by atoms with E-state index in [2.05, 4.69) is 15.9 Å². The van der Waals surface area contributed by atoms with E-state index in [9.17, 15) is 4.79 Å². The molecule has 18 heavy (non-hydrogen) atoms. The van der Waals surface area contributed by atoms with Crippen LogP contribution >= 0.6 is 15.9 Å². The summed E-state index contributed by atoms with van der Waals surface area (Å²) in [7, 11) is 1.59. The van der Waals surface area contributed by atoms with Crippen molar-refractivity contribution in [1.82, 2.24) is 4.90 Å². The average Bonchev–Trinajstić information content (AvgIpc) is 2.34. The Hall–Kier alpha value is -1.03. The SMILES string of the molecule is COc1ccc(C)cc1C(=O)N(CCBr)C(C)C. The largest absolute Gasteiger partial charge is 0.496 e. The summed E-state index contributed by atoms with van der Waals surface area (Å²) in [6.45, 7) is 6.69. The van der Waals surface area contributed by atoms with E-state index in [1.807, 2.05) is 43.9 Å². The maximum absolute atomic E-state index is 12.5. The second kappa shape index (κ2) is 6.78.